The van der Waals surface area contributed by atoms with Gasteiger partial charge in [0.1, 0.15) is 5.52 Å². The van der Waals surface area contributed by atoms with Crippen molar-refractivity contribution in [2.24, 2.45) is 0 Å². The molecule has 5 heteroatoms. The lowest BCUT2D eigenvalue weighted by atomic mass is 9.98. The second-order valence-corrected chi connectivity index (χ2v) is 7.76. The van der Waals surface area contributed by atoms with Gasteiger partial charge in [-0.3, -0.25) is 4.79 Å². The molecule has 4 nitrogen and oxygen atoms in total. The Morgan fingerprint density at radius 3 is 2.07 bits per heavy atom. The summed E-state index contributed by atoms with van der Waals surface area (Å²) < 4.78 is 5.73. The molecule has 1 aromatic heterocycles. The predicted octanol–water partition coefficient (Wildman–Crippen LogP) is 5.21. The van der Waals surface area contributed by atoms with E-state index in [2.05, 4.69) is 10.3 Å². The summed E-state index contributed by atoms with van der Waals surface area (Å²) in [6.07, 6.45) is 0. The summed E-state index contributed by atoms with van der Waals surface area (Å²) in [6.45, 7) is 1.86. The highest BCUT2D eigenvalue weighted by molar-refractivity contribution is 8.00. The molecule has 1 unspecified atom stereocenters. The van der Waals surface area contributed by atoms with Crippen LogP contribution in [0.2, 0.25) is 0 Å². The number of amides is 1. The number of hydrogen-bond acceptors (Lipinski definition) is 4. The predicted molar refractivity (Wildman–Crippen MR) is 112 cm³/mol. The molecule has 140 valence electrons. The molecule has 0 saturated heterocycles. The molecule has 0 aliphatic rings. The van der Waals surface area contributed by atoms with Gasteiger partial charge in [-0.25, -0.2) is 4.98 Å². The van der Waals surface area contributed by atoms with Gasteiger partial charge in [0.15, 0.2) is 5.58 Å². The monoisotopic (exact) mass is 388 g/mol. The van der Waals surface area contributed by atoms with E-state index in [1.807, 2.05) is 91.9 Å². The van der Waals surface area contributed by atoms with E-state index in [0.717, 1.165) is 22.2 Å². The Morgan fingerprint density at radius 2 is 1.46 bits per heavy atom. The van der Waals surface area contributed by atoms with Crippen LogP contribution in [0.25, 0.3) is 11.1 Å². The first kappa shape index (κ1) is 18.3. The fraction of sp³-hybridized carbons (Fsp3) is 0.130. The van der Waals surface area contributed by atoms with Crippen molar-refractivity contribution >= 4 is 28.8 Å². The Balaban J connectivity index is 1.52. The maximum atomic E-state index is 12.9. The number of carbonyl (C=O) groups is 1. The normalized spacial score (nSPS) is 12.2. The van der Waals surface area contributed by atoms with Crippen LogP contribution in [0.1, 0.15) is 24.1 Å². The minimum absolute atomic E-state index is 0.0648. The summed E-state index contributed by atoms with van der Waals surface area (Å²) in [5, 5.41) is 3.33. The molecule has 4 aromatic rings. The van der Waals surface area contributed by atoms with Gasteiger partial charge in [-0.15, -0.1) is 0 Å². The van der Waals surface area contributed by atoms with Crippen LogP contribution in [-0.2, 0) is 4.79 Å². The quantitative estimate of drug-likeness (QED) is 0.461. The molecule has 0 aliphatic heterocycles. The van der Waals surface area contributed by atoms with Crippen LogP contribution in [0.4, 0.5) is 0 Å². The molecule has 3 aromatic carbocycles. The lowest BCUT2D eigenvalue weighted by Crippen LogP contribution is -2.34. The number of para-hydroxylation sites is 2. The van der Waals surface area contributed by atoms with Crippen LogP contribution in [0.15, 0.2) is 94.6 Å². The molecule has 0 spiro atoms. The fourth-order valence-corrected chi connectivity index (χ4v) is 3.78. The molecule has 28 heavy (non-hydrogen) atoms. The first-order valence-electron chi connectivity index (χ1n) is 9.13. The molecule has 1 heterocycles. The second-order valence-electron chi connectivity index (χ2n) is 6.47. The van der Waals surface area contributed by atoms with Crippen LogP contribution < -0.4 is 5.32 Å². The van der Waals surface area contributed by atoms with Crippen molar-refractivity contribution in [3.05, 3.63) is 96.1 Å². The Labute approximate surface area is 168 Å². The maximum Gasteiger partial charge on any atom is 0.257 e. The van der Waals surface area contributed by atoms with Crippen molar-refractivity contribution in [3.63, 3.8) is 0 Å². The van der Waals surface area contributed by atoms with Gasteiger partial charge >= 0.3 is 0 Å². The van der Waals surface area contributed by atoms with Crippen molar-refractivity contribution in [2.45, 2.75) is 23.4 Å². The summed E-state index contributed by atoms with van der Waals surface area (Å²) in [5.41, 5.74) is 3.61. The third kappa shape index (κ3) is 4.10. The Kier molecular flexibility index (Phi) is 5.44. The number of rotatable bonds is 6. The van der Waals surface area contributed by atoms with Gasteiger partial charge < -0.3 is 9.73 Å². The third-order valence-electron chi connectivity index (χ3n) is 4.47. The number of hydrogen-bond donors (Lipinski definition) is 1. The minimum atomic E-state index is -0.344. The molecule has 0 fully saturated rings. The number of thioether (sulfide) groups is 1. The highest BCUT2D eigenvalue weighted by Crippen LogP contribution is 2.28. The SMILES string of the molecule is CC(Sc1nc2ccccc2o1)C(=O)NC(c1ccccc1)c1ccccc1. The molecule has 0 radical (unpaired) electrons. The van der Waals surface area contributed by atoms with Crippen molar-refractivity contribution in [1.29, 1.82) is 0 Å². The van der Waals surface area contributed by atoms with Crippen molar-refractivity contribution < 1.29 is 9.21 Å². The summed E-state index contributed by atoms with van der Waals surface area (Å²) in [5.74, 6) is -0.0648. The third-order valence-corrected chi connectivity index (χ3v) is 5.42. The van der Waals surface area contributed by atoms with E-state index in [4.69, 9.17) is 4.42 Å². The van der Waals surface area contributed by atoms with E-state index in [-0.39, 0.29) is 17.2 Å². The van der Waals surface area contributed by atoms with Crippen molar-refractivity contribution in [2.75, 3.05) is 0 Å². The van der Waals surface area contributed by atoms with Crippen LogP contribution in [-0.4, -0.2) is 16.1 Å². The van der Waals surface area contributed by atoms with E-state index in [1.165, 1.54) is 11.8 Å². The molecule has 0 saturated carbocycles. The standard InChI is InChI=1S/C23H20N2O2S/c1-16(28-23-24-19-14-8-9-15-20(19)27-23)22(26)25-21(17-10-4-2-5-11-17)18-12-6-3-7-13-18/h2-16,21H,1H3,(H,25,26). The van der Waals surface area contributed by atoms with Gasteiger partial charge in [-0.1, -0.05) is 84.6 Å². The summed E-state index contributed by atoms with van der Waals surface area (Å²) in [4.78, 5) is 17.4. The Hall–Kier alpha value is -3.05. The smallest absolute Gasteiger partial charge is 0.257 e. The van der Waals surface area contributed by atoms with Gasteiger partial charge in [0.25, 0.3) is 5.22 Å². The first-order chi connectivity index (χ1) is 13.7. The zero-order valence-corrected chi connectivity index (χ0v) is 16.2. The zero-order valence-electron chi connectivity index (χ0n) is 15.4. The lowest BCUT2D eigenvalue weighted by molar-refractivity contribution is -0.120. The van der Waals surface area contributed by atoms with Crippen molar-refractivity contribution in [3.8, 4) is 0 Å². The maximum absolute atomic E-state index is 12.9. The fourth-order valence-electron chi connectivity index (χ4n) is 3.02. The molecule has 1 amide bonds. The Bertz CT molecular complexity index is 991. The molecular formula is C23H20N2O2S. The van der Waals surface area contributed by atoms with Crippen molar-refractivity contribution in [1.82, 2.24) is 10.3 Å². The molecule has 1 N–H and O–H groups in total. The van der Waals surface area contributed by atoms with Crippen LogP contribution >= 0.6 is 11.8 Å². The topological polar surface area (TPSA) is 55.1 Å². The second kappa shape index (κ2) is 8.31. The number of benzene rings is 3. The van der Waals surface area contributed by atoms with Crippen LogP contribution in [0.3, 0.4) is 0 Å². The highest BCUT2D eigenvalue weighted by Gasteiger charge is 2.22. The Morgan fingerprint density at radius 1 is 0.893 bits per heavy atom. The summed E-state index contributed by atoms with van der Waals surface area (Å²) in [6, 6.07) is 27.3. The number of carbonyl (C=O) groups excluding carboxylic acids is 1. The number of nitrogens with one attached hydrogen (secondary N) is 1. The minimum Gasteiger partial charge on any atom is -0.431 e. The average molecular weight is 388 g/mol. The number of aromatic nitrogens is 1. The molecular weight excluding hydrogens is 368 g/mol. The first-order valence-corrected chi connectivity index (χ1v) is 10.0. The van der Waals surface area contributed by atoms with Gasteiger partial charge in [0, 0.05) is 0 Å². The molecule has 4 rings (SSSR count). The van der Waals surface area contributed by atoms with Crippen LogP contribution in [0, 0.1) is 0 Å². The van der Waals surface area contributed by atoms with Crippen LogP contribution in [0.5, 0.6) is 0 Å². The highest BCUT2D eigenvalue weighted by atomic mass is 32.2. The van der Waals surface area contributed by atoms with Gasteiger partial charge in [0.2, 0.25) is 5.91 Å². The zero-order chi connectivity index (χ0) is 19.3. The van der Waals surface area contributed by atoms with E-state index in [9.17, 15) is 4.79 Å². The molecule has 0 bridgehead atoms. The van der Waals surface area contributed by atoms with Gasteiger partial charge in [-0.05, 0) is 30.2 Å². The number of nitrogens with zero attached hydrogens (tertiary/aromatic N) is 1. The summed E-state index contributed by atoms with van der Waals surface area (Å²) in [7, 11) is 0. The van der Waals surface area contributed by atoms with E-state index >= 15 is 0 Å². The van der Waals surface area contributed by atoms with Gasteiger partial charge in [0.05, 0.1) is 11.3 Å². The average Bonchev–Trinajstić information content (AvgIpc) is 3.15. The van der Waals surface area contributed by atoms with Gasteiger partial charge in [-0.2, -0.15) is 0 Å². The number of fused-ring (bicyclic) bond motifs is 1. The molecule has 0 aliphatic carbocycles. The van der Waals surface area contributed by atoms with E-state index < -0.39 is 0 Å². The van der Waals surface area contributed by atoms with E-state index in [1.54, 1.807) is 0 Å². The lowest BCUT2D eigenvalue weighted by Gasteiger charge is -2.21. The summed E-state index contributed by atoms with van der Waals surface area (Å²) >= 11 is 1.32. The van der Waals surface area contributed by atoms with E-state index in [0.29, 0.717) is 5.22 Å². The largest absolute Gasteiger partial charge is 0.431 e. The molecule has 1 atom stereocenters. The number of oxazole rings is 1.